The second-order valence-electron chi connectivity index (χ2n) is 9.17. The van der Waals surface area contributed by atoms with Gasteiger partial charge >= 0.3 is 0 Å². The third-order valence-corrected chi connectivity index (χ3v) is 7.01. The Morgan fingerprint density at radius 3 is 1.97 bits per heavy atom. The summed E-state index contributed by atoms with van der Waals surface area (Å²) in [5.74, 6) is 0.715. The van der Waals surface area contributed by atoms with Crippen LogP contribution >= 0.6 is 0 Å². The molecule has 4 aromatic rings. The summed E-state index contributed by atoms with van der Waals surface area (Å²) in [6, 6.07) is 27.6. The average Bonchev–Trinajstić information content (AvgIpc) is 3.38. The number of para-hydroxylation sites is 2. The minimum atomic E-state index is -0.589. The Morgan fingerprint density at radius 1 is 0.795 bits per heavy atom. The number of hydrogen-bond donors (Lipinski definition) is 0. The Balaban J connectivity index is 1.51. The molecule has 0 unspecified atom stereocenters. The van der Waals surface area contributed by atoms with Crippen LogP contribution in [0, 0.1) is 20.2 Å². The zero-order valence-electron chi connectivity index (χ0n) is 20.7. The lowest BCUT2D eigenvalue weighted by atomic mass is 9.93. The fraction of sp³-hybridized carbons (Fsp3) is 0.138. The molecule has 0 radical (unpaired) electrons. The van der Waals surface area contributed by atoms with Crippen LogP contribution in [0.4, 0.5) is 22.7 Å². The Bertz CT molecular complexity index is 1590. The third kappa shape index (κ3) is 4.26. The lowest BCUT2D eigenvalue weighted by Crippen LogP contribution is -2.41. The van der Waals surface area contributed by atoms with Gasteiger partial charge in [0.15, 0.2) is 6.23 Å². The summed E-state index contributed by atoms with van der Waals surface area (Å²) < 4.78 is 12.1. The molecular weight excluding hydrogens is 500 g/mol. The molecule has 10 heteroatoms. The number of rotatable bonds is 6. The maximum absolute atomic E-state index is 11.3. The van der Waals surface area contributed by atoms with E-state index in [9.17, 15) is 20.2 Å². The first-order valence-electron chi connectivity index (χ1n) is 12.2. The van der Waals surface area contributed by atoms with Crippen molar-refractivity contribution in [3.05, 3.63) is 134 Å². The normalized spacial score (nSPS) is 19.6. The number of anilines is 1. The quantitative estimate of drug-likeness (QED) is 0.215. The summed E-state index contributed by atoms with van der Waals surface area (Å²) in [5, 5.41) is 22.6. The molecule has 0 saturated carbocycles. The van der Waals surface area contributed by atoms with Gasteiger partial charge in [0.1, 0.15) is 11.9 Å². The van der Waals surface area contributed by atoms with Gasteiger partial charge in [-0.3, -0.25) is 20.2 Å². The standard InChI is InChI=1S/C29H22N4O6/c1-38-23-16-10-18(11-17-23)26-29-31(25-5-3-2-4-24(25)30-26)27(19-6-12-21(13-7-19)32(34)35)28(39-29)20-8-14-22(15-9-20)33(36)37/h2-17,27-29H,1H3/t27-,28-,29+/m0/s1. The van der Waals surface area contributed by atoms with Gasteiger partial charge in [-0.25, -0.2) is 4.99 Å². The summed E-state index contributed by atoms with van der Waals surface area (Å²) in [7, 11) is 1.61. The summed E-state index contributed by atoms with van der Waals surface area (Å²) in [6.45, 7) is 0. The molecule has 0 N–H and O–H groups in total. The van der Waals surface area contributed by atoms with E-state index in [1.54, 1.807) is 31.4 Å². The van der Waals surface area contributed by atoms with Gasteiger partial charge in [-0.15, -0.1) is 0 Å². The van der Waals surface area contributed by atoms with E-state index in [0.717, 1.165) is 28.1 Å². The summed E-state index contributed by atoms with van der Waals surface area (Å²) in [6.07, 6.45) is -1.14. The third-order valence-electron chi connectivity index (χ3n) is 7.01. The van der Waals surface area contributed by atoms with Crippen LogP contribution in [0.5, 0.6) is 5.75 Å². The minimum absolute atomic E-state index is 0.0133. The second kappa shape index (κ2) is 9.66. The van der Waals surface area contributed by atoms with Crippen LogP contribution in [0.15, 0.2) is 102 Å². The number of aliphatic imine (C=N–C) groups is 1. The number of nitrogens with zero attached hydrogens (tertiary/aromatic N) is 4. The highest BCUT2D eigenvalue weighted by atomic mass is 16.6. The van der Waals surface area contributed by atoms with Crippen molar-refractivity contribution in [1.82, 2.24) is 0 Å². The minimum Gasteiger partial charge on any atom is -0.497 e. The van der Waals surface area contributed by atoms with Crippen molar-refractivity contribution in [2.75, 3.05) is 12.0 Å². The smallest absolute Gasteiger partial charge is 0.269 e. The van der Waals surface area contributed by atoms with Crippen molar-refractivity contribution in [1.29, 1.82) is 0 Å². The number of non-ortho nitro benzene ring substituents is 2. The molecule has 0 spiro atoms. The Morgan fingerprint density at radius 2 is 1.38 bits per heavy atom. The number of ether oxygens (including phenoxy) is 2. The average molecular weight is 523 g/mol. The molecule has 6 rings (SSSR count). The van der Waals surface area contributed by atoms with E-state index in [-0.39, 0.29) is 11.4 Å². The Kier molecular flexibility index (Phi) is 6.01. The van der Waals surface area contributed by atoms with Crippen LogP contribution in [-0.2, 0) is 4.74 Å². The topological polar surface area (TPSA) is 120 Å². The van der Waals surface area contributed by atoms with Crippen molar-refractivity contribution < 1.29 is 19.3 Å². The van der Waals surface area contributed by atoms with Crippen LogP contribution in [0.1, 0.15) is 28.8 Å². The predicted octanol–water partition coefficient (Wildman–Crippen LogP) is 6.29. The molecule has 0 amide bonds. The summed E-state index contributed by atoms with van der Waals surface area (Å²) >= 11 is 0. The van der Waals surface area contributed by atoms with E-state index in [1.165, 1.54) is 24.3 Å². The number of methoxy groups -OCH3 is 1. The molecule has 3 atom stereocenters. The van der Waals surface area contributed by atoms with Crippen molar-refractivity contribution in [2.24, 2.45) is 4.99 Å². The van der Waals surface area contributed by atoms with Crippen molar-refractivity contribution in [2.45, 2.75) is 18.4 Å². The Labute approximate surface area is 223 Å². The monoisotopic (exact) mass is 522 g/mol. The van der Waals surface area contributed by atoms with Crippen molar-refractivity contribution >= 4 is 28.5 Å². The molecule has 1 fully saturated rings. The van der Waals surface area contributed by atoms with Gasteiger partial charge in [0.05, 0.1) is 40.1 Å². The maximum Gasteiger partial charge on any atom is 0.269 e. The van der Waals surface area contributed by atoms with Crippen LogP contribution in [0.2, 0.25) is 0 Å². The lowest BCUT2D eigenvalue weighted by Gasteiger charge is -2.35. The first-order valence-corrected chi connectivity index (χ1v) is 12.2. The zero-order valence-corrected chi connectivity index (χ0v) is 20.7. The van der Waals surface area contributed by atoms with Gasteiger partial charge in [-0.05, 0) is 59.7 Å². The van der Waals surface area contributed by atoms with E-state index in [0.29, 0.717) is 11.5 Å². The fourth-order valence-electron chi connectivity index (χ4n) is 5.15. The van der Waals surface area contributed by atoms with Gasteiger partial charge in [0, 0.05) is 29.8 Å². The number of fused-ring (bicyclic) bond motifs is 3. The highest BCUT2D eigenvalue weighted by molar-refractivity contribution is 6.09. The van der Waals surface area contributed by atoms with E-state index in [2.05, 4.69) is 4.90 Å². The molecule has 1 saturated heterocycles. The lowest BCUT2D eigenvalue weighted by molar-refractivity contribution is -0.385. The van der Waals surface area contributed by atoms with Gasteiger partial charge in [0.2, 0.25) is 0 Å². The summed E-state index contributed by atoms with van der Waals surface area (Å²) in [4.78, 5) is 28.8. The SMILES string of the molecule is COc1ccc(C2=Nc3ccccc3N3[C@@H]2O[C@@H](c2ccc([N+](=O)[O-])cc2)[C@@H]3c2ccc([N+](=O)[O-])cc2)cc1. The Hall–Kier alpha value is -5.09. The maximum atomic E-state index is 11.3. The molecule has 194 valence electrons. The van der Waals surface area contributed by atoms with Gasteiger partial charge in [0.25, 0.3) is 11.4 Å². The highest BCUT2D eigenvalue weighted by Crippen LogP contribution is 2.52. The molecule has 2 aliphatic rings. The second-order valence-corrected chi connectivity index (χ2v) is 9.17. The molecule has 2 aliphatic heterocycles. The molecule has 0 aliphatic carbocycles. The van der Waals surface area contributed by atoms with Gasteiger partial charge in [-0.1, -0.05) is 24.3 Å². The highest BCUT2D eigenvalue weighted by Gasteiger charge is 2.48. The number of nitro groups is 2. The van der Waals surface area contributed by atoms with Crippen LogP contribution in [0.25, 0.3) is 0 Å². The molecule has 10 nitrogen and oxygen atoms in total. The molecule has 2 heterocycles. The van der Waals surface area contributed by atoms with Crippen LogP contribution in [0.3, 0.4) is 0 Å². The first-order chi connectivity index (χ1) is 18.9. The van der Waals surface area contributed by atoms with E-state index >= 15 is 0 Å². The van der Waals surface area contributed by atoms with E-state index in [1.807, 2.05) is 48.5 Å². The van der Waals surface area contributed by atoms with Crippen LogP contribution < -0.4 is 9.64 Å². The van der Waals surface area contributed by atoms with E-state index in [4.69, 9.17) is 14.5 Å². The molecule has 0 aromatic heterocycles. The zero-order chi connectivity index (χ0) is 27.1. The van der Waals surface area contributed by atoms with E-state index < -0.39 is 28.2 Å². The number of hydrogen-bond acceptors (Lipinski definition) is 8. The molecule has 0 bridgehead atoms. The fourth-order valence-corrected chi connectivity index (χ4v) is 5.15. The largest absolute Gasteiger partial charge is 0.497 e. The first kappa shape index (κ1) is 24.3. The van der Waals surface area contributed by atoms with Gasteiger partial charge in [-0.2, -0.15) is 0 Å². The predicted molar refractivity (Wildman–Crippen MR) is 145 cm³/mol. The molecule has 4 aromatic carbocycles. The number of benzene rings is 4. The molecule has 39 heavy (non-hydrogen) atoms. The van der Waals surface area contributed by atoms with Gasteiger partial charge < -0.3 is 14.4 Å². The van der Waals surface area contributed by atoms with Crippen molar-refractivity contribution in [3.8, 4) is 5.75 Å². The summed E-state index contributed by atoms with van der Waals surface area (Å²) in [5.41, 5.74) is 4.68. The molecular formula is C29H22N4O6. The van der Waals surface area contributed by atoms with Crippen molar-refractivity contribution in [3.63, 3.8) is 0 Å². The number of nitro benzene ring substituents is 2. The van der Waals surface area contributed by atoms with Crippen LogP contribution in [-0.4, -0.2) is 28.9 Å².